The molecule has 1 atom stereocenters. The molecule has 0 radical (unpaired) electrons. The van der Waals surface area contributed by atoms with Gasteiger partial charge in [-0.25, -0.2) is 9.37 Å². The zero-order chi connectivity index (χ0) is 23.7. The van der Waals surface area contributed by atoms with Gasteiger partial charge in [0.15, 0.2) is 5.84 Å². The van der Waals surface area contributed by atoms with Gasteiger partial charge in [0.2, 0.25) is 5.72 Å². The second-order valence-corrected chi connectivity index (χ2v) is 8.96. The predicted molar refractivity (Wildman–Crippen MR) is 130 cm³/mol. The molecule has 5 rings (SSSR count). The average molecular weight is 461 g/mol. The van der Waals surface area contributed by atoms with E-state index in [9.17, 15) is 4.39 Å². The molecule has 3 aromatic rings. The Hall–Kier alpha value is -3.45. The molecule has 2 aromatic carbocycles. The predicted octanol–water partition coefficient (Wildman–Crippen LogP) is 5.20. The van der Waals surface area contributed by atoms with Crippen LogP contribution in [0.25, 0.3) is 11.3 Å². The van der Waals surface area contributed by atoms with Crippen molar-refractivity contribution in [1.29, 1.82) is 0 Å². The minimum absolute atomic E-state index is 0.268. The van der Waals surface area contributed by atoms with E-state index in [2.05, 4.69) is 39.3 Å². The molecule has 0 saturated heterocycles. The maximum absolute atomic E-state index is 13.6. The van der Waals surface area contributed by atoms with Gasteiger partial charge in [-0.3, -0.25) is 0 Å². The zero-order valence-electron chi connectivity index (χ0n) is 19.8. The first kappa shape index (κ1) is 22.3. The topological polar surface area (TPSA) is 51.9 Å². The normalized spacial score (nSPS) is 19.1. The number of aromatic nitrogens is 2. The number of oxime groups is 1. The molecule has 1 aromatic heterocycles. The quantitative estimate of drug-likeness (QED) is 0.434. The Kier molecular flexibility index (Phi) is 5.96. The molecular weight excluding hydrogens is 431 g/mol. The Morgan fingerprint density at radius 3 is 2.74 bits per heavy atom. The third-order valence-corrected chi connectivity index (χ3v) is 6.63. The van der Waals surface area contributed by atoms with Crippen LogP contribution in [0, 0.1) is 12.7 Å². The average Bonchev–Trinajstić information content (AvgIpc) is 3.53. The standard InChI is InChI=1S/C27H29FN4O2/c1-19-17-31(18-29-19)24-11-12-25-20(15-24)5-6-21(25)16-26-30-34-27(2,32(26)13-4-14-33-3)22-7-9-23(28)10-8-22/h6-12,15,17-18H,4-5,13-14,16H2,1-3H3. The van der Waals surface area contributed by atoms with Crippen LogP contribution < -0.4 is 0 Å². The first-order chi connectivity index (χ1) is 16.5. The van der Waals surface area contributed by atoms with Gasteiger partial charge in [0.25, 0.3) is 0 Å². The van der Waals surface area contributed by atoms with Crippen LogP contribution >= 0.6 is 0 Å². The van der Waals surface area contributed by atoms with Gasteiger partial charge >= 0.3 is 0 Å². The smallest absolute Gasteiger partial charge is 0.234 e. The molecule has 0 fully saturated rings. The number of methoxy groups -OCH3 is 1. The summed E-state index contributed by atoms with van der Waals surface area (Å²) < 4.78 is 20.9. The largest absolute Gasteiger partial charge is 0.385 e. The second kappa shape index (κ2) is 9.06. The van der Waals surface area contributed by atoms with E-state index in [0.717, 1.165) is 42.2 Å². The lowest BCUT2D eigenvalue weighted by Crippen LogP contribution is -2.44. The molecule has 0 N–H and O–H groups in total. The number of nitrogens with zero attached hydrogens (tertiary/aromatic N) is 4. The number of amidine groups is 1. The Labute approximate surface area is 199 Å². The second-order valence-electron chi connectivity index (χ2n) is 8.96. The summed E-state index contributed by atoms with van der Waals surface area (Å²) in [5, 5.41) is 4.51. The first-order valence-electron chi connectivity index (χ1n) is 11.6. The summed E-state index contributed by atoms with van der Waals surface area (Å²) in [5.41, 5.74) is 5.97. The number of allylic oxidation sites excluding steroid dienone is 1. The highest BCUT2D eigenvalue weighted by Gasteiger charge is 2.43. The van der Waals surface area contributed by atoms with Crippen LogP contribution in [-0.4, -0.2) is 40.5 Å². The summed E-state index contributed by atoms with van der Waals surface area (Å²) in [6.45, 7) is 5.34. The van der Waals surface area contributed by atoms with Crippen LogP contribution in [-0.2, 0) is 21.7 Å². The lowest BCUT2D eigenvalue weighted by molar-refractivity contribution is -0.0917. The third-order valence-electron chi connectivity index (χ3n) is 6.63. The highest BCUT2D eigenvalue weighted by atomic mass is 19.1. The molecule has 1 aliphatic carbocycles. The number of imidazole rings is 1. The van der Waals surface area contributed by atoms with E-state index < -0.39 is 5.72 Å². The summed E-state index contributed by atoms with van der Waals surface area (Å²) in [4.78, 5) is 12.5. The maximum atomic E-state index is 13.6. The minimum atomic E-state index is -0.790. The Morgan fingerprint density at radius 1 is 1.18 bits per heavy atom. The number of hydrogen-bond acceptors (Lipinski definition) is 5. The summed E-state index contributed by atoms with van der Waals surface area (Å²) in [6.07, 6.45) is 8.54. The lowest BCUT2D eigenvalue weighted by atomic mass is 9.99. The molecule has 2 aliphatic rings. The van der Waals surface area contributed by atoms with Crippen LogP contribution in [0.4, 0.5) is 4.39 Å². The fraction of sp³-hybridized carbons (Fsp3) is 0.333. The van der Waals surface area contributed by atoms with Crippen molar-refractivity contribution >= 4 is 11.4 Å². The van der Waals surface area contributed by atoms with Gasteiger partial charge in [-0.2, -0.15) is 0 Å². The van der Waals surface area contributed by atoms with E-state index in [1.807, 2.05) is 30.9 Å². The molecule has 7 heteroatoms. The minimum Gasteiger partial charge on any atom is -0.385 e. The first-order valence-corrected chi connectivity index (χ1v) is 11.6. The van der Waals surface area contributed by atoms with Crippen molar-refractivity contribution in [3.8, 4) is 5.69 Å². The fourth-order valence-corrected chi connectivity index (χ4v) is 4.76. The molecule has 1 aliphatic heterocycles. The van der Waals surface area contributed by atoms with Crippen molar-refractivity contribution in [3.05, 3.63) is 89.3 Å². The molecule has 0 bridgehead atoms. The fourth-order valence-electron chi connectivity index (χ4n) is 4.76. The molecular formula is C27H29FN4O2. The van der Waals surface area contributed by atoms with Gasteiger partial charge in [-0.1, -0.05) is 29.4 Å². The zero-order valence-corrected chi connectivity index (χ0v) is 19.8. The molecule has 0 spiro atoms. The van der Waals surface area contributed by atoms with E-state index in [-0.39, 0.29) is 5.82 Å². The van der Waals surface area contributed by atoms with Crippen molar-refractivity contribution < 1.29 is 14.0 Å². The highest BCUT2D eigenvalue weighted by Crippen LogP contribution is 2.39. The highest BCUT2D eigenvalue weighted by molar-refractivity contribution is 5.95. The molecule has 0 amide bonds. The van der Waals surface area contributed by atoms with Crippen LogP contribution in [0.1, 0.15) is 42.1 Å². The Bertz CT molecular complexity index is 1250. The van der Waals surface area contributed by atoms with Crippen LogP contribution in [0.15, 0.2) is 66.2 Å². The summed E-state index contributed by atoms with van der Waals surface area (Å²) in [7, 11) is 1.70. The Balaban J connectivity index is 1.38. The number of benzene rings is 2. The van der Waals surface area contributed by atoms with Gasteiger partial charge in [-0.15, -0.1) is 0 Å². The summed E-state index contributed by atoms with van der Waals surface area (Å²) in [5.74, 6) is 0.603. The molecule has 176 valence electrons. The van der Waals surface area contributed by atoms with E-state index in [0.29, 0.717) is 13.0 Å². The number of halogens is 1. The summed E-state index contributed by atoms with van der Waals surface area (Å²) in [6, 6.07) is 13.0. The van der Waals surface area contributed by atoms with E-state index in [4.69, 9.17) is 9.57 Å². The van der Waals surface area contributed by atoms with Crippen molar-refractivity contribution in [3.63, 3.8) is 0 Å². The van der Waals surface area contributed by atoms with Crippen molar-refractivity contribution in [2.45, 2.75) is 38.8 Å². The Morgan fingerprint density at radius 2 is 2.00 bits per heavy atom. The third kappa shape index (κ3) is 4.12. The van der Waals surface area contributed by atoms with Crippen molar-refractivity contribution in [1.82, 2.24) is 14.5 Å². The van der Waals surface area contributed by atoms with E-state index in [1.54, 1.807) is 19.2 Å². The monoisotopic (exact) mass is 460 g/mol. The van der Waals surface area contributed by atoms with Gasteiger partial charge in [0, 0.05) is 51.1 Å². The van der Waals surface area contributed by atoms with E-state index >= 15 is 0 Å². The van der Waals surface area contributed by atoms with Gasteiger partial charge in [0.1, 0.15) is 5.82 Å². The van der Waals surface area contributed by atoms with Crippen LogP contribution in [0.2, 0.25) is 0 Å². The van der Waals surface area contributed by atoms with Crippen LogP contribution in [0.3, 0.4) is 0 Å². The number of rotatable bonds is 8. The maximum Gasteiger partial charge on any atom is 0.234 e. The van der Waals surface area contributed by atoms with Crippen molar-refractivity contribution in [2.24, 2.45) is 5.16 Å². The molecule has 34 heavy (non-hydrogen) atoms. The molecule has 0 saturated carbocycles. The van der Waals surface area contributed by atoms with Gasteiger partial charge in [0.05, 0.1) is 12.0 Å². The van der Waals surface area contributed by atoms with E-state index in [1.165, 1.54) is 28.8 Å². The molecule has 1 unspecified atom stereocenters. The number of aryl methyl sites for hydroxylation is 1. The van der Waals surface area contributed by atoms with Gasteiger partial charge in [-0.05, 0) is 60.7 Å². The SMILES string of the molecule is COCCCN1C(CC2=CCc3cc(-n4cnc(C)c4)ccc32)=NOC1(C)c1ccc(F)cc1. The molecule has 2 heterocycles. The number of hydrogen-bond donors (Lipinski definition) is 0. The molecule has 6 nitrogen and oxygen atoms in total. The lowest BCUT2D eigenvalue weighted by Gasteiger charge is -2.35. The number of ether oxygens (including phenoxy) is 1. The summed E-state index contributed by atoms with van der Waals surface area (Å²) >= 11 is 0. The van der Waals surface area contributed by atoms with Crippen LogP contribution in [0.5, 0.6) is 0 Å². The van der Waals surface area contributed by atoms with Crippen molar-refractivity contribution in [2.75, 3.05) is 20.3 Å². The number of fused-ring (bicyclic) bond motifs is 1. The van der Waals surface area contributed by atoms with Gasteiger partial charge < -0.3 is 19.0 Å².